The molecule has 114 valence electrons. The molecule has 0 bridgehead atoms. The third kappa shape index (κ3) is 3.67. The first-order valence-electron chi connectivity index (χ1n) is 7.03. The zero-order valence-corrected chi connectivity index (χ0v) is 11.6. The van der Waals surface area contributed by atoms with E-state index in [2.05, 4.69) is 5.32 Å². The number of nitriles is 1. The second-order valence-corrected chi connectivity index (χ2v) is 5.40. The molecule has 21 heavy (non-hydrogen) atoms. The van der Waals surface area contributed by atoms with E-state index >= 15 is 0 Å². The molecule has 6 heteroatoms. The number of nitrogens with one attached hydrogen (secondary N) is 1. The Morgan fingerprint density at radius 2 is 2.00 bits per heavy atom. The largest absolute Gasteiger partial charge is 0.417 e. The molecule has 1 aromatic carbocycles. The maximum Gasteiger partial charge on any atom is 0.417 e. The molecule has 3 N–H and O–H groups in total. The lowest BCUT2D eigenvalue weighted by molar-refractivity contribution is -0.137. The summed E-state index contributed by atoms with van der Waals surface area (Å²) < 4.78 is 38.8. The molecule has 2 rings (SSSR count). The Kier molecular flexibility index (Phi) is 4.73. The lowest BCUT2D eigenvalue weighted by Gasteiger charge is -2.32. The number of anilines is 1. The summed E-state index contributed by atoms with van der Waals surface area (Å²) >= 11 is 0. The average molecular weight is 297 g/mol. The summed E-state index contributed by atoms with van der Waals surface area (Å²) in [7, 11) is 0. The molecule has 0 saturated heterocycles. The molecule has 3 nitrogen and oxygen atoms in total. The highest BCUT2D eigenvalue weighted by Gasteiger charge is 2.34. The van der Waals surface area contributed by atoms with Crippen LogP contribution in [0.5, 0.6) is 0 Å². The minimum atomic E-state index is -4.53. The minimum absolute atomic E-state index is 0.0952. The smallest absolute Gasteiger partial charge is 0.382 e. The van der Waals surface area contributed by atoms with Crippen LogP contribution in [0, 0.1) is 17.2 Å². The topological polar surface area (TPSA) is 61.8 Å². The van der Waals surface area contributed by atoms with Gasteiger partial charge < -0.3 is 11.1 Å². The van der Waals surface area contributed by atoms with Gasteiger partial charge in [0, 0.05) is 11.7 Å². The Hall–Kier alpha value is -1.74. The third-order valence-corrected chi connectivity index (χ3v) is 4.01. The fraction of sp³-hybridized carbons (Fsp3) is 0.533. The SMILES string of the molecule is N#Cc1ccc(NC2CCCCC2CN)cc1C(F)(F)F. The van der Waals surface area contributed by atoms with Crippen molar-refractivity contribution in [2.75, 3.05) is 11.9 Å². The van der Waals surface area contributed by atoms with E-state index in [9.17, 15) is 13.2 Å². The van der Waals surface area contributed by atoms with Crippen LogP contribution < -0.4 is 11.1 Å². The highest BCUT2D eigenvalue weighted by molar-refractivity contribution is 5.53. The van der Waals surface area contributed by atoms with Gasteiger partial charge in [0.05, 0.1) is 17.2 Å². The number of hydrogen-bond acceptors (Lipinski definition) is 3. The molecular formula is C15H18F3N3. The van der Waals surface area contributed by atoms with Crippen LogP contribution in [-0.2, 0) is 6.18 Å². The molecule has 1 aromatic rings. The predicted molar refractivity (Wildman–Crippen MR) is 74.6 cm³/mol. The summed E-state index contributed by atoms with van der Waals surface area (Å²) in [6, 6.07) is 5.43. The van der Waals surface area contributed by atoms with E-state index in [0.717, 1.165) is 31.7 Å². The van der Waals surface area contributed by atoms with Gasteiger partial charge in [0.25, 0.3) is 0 Å². The molecule has 2 atom stereocenters. The van der Waals surface area contributed by atoms with Gasteiger partial charge in [0.1, 0.15) is 0 Å². The molecule has 0 heterocycles. The number of benzene rings is 1. The molecule has 1 aliphatic rings. The Labute approximate surface area is 121 Å². The summed E-state index contributed by atoms with van der Waals surface area (Å²) in [5, 5.41) is 11.9. The number of nitrogens with two attached hydrogens (primary N) is 1. The highest BCUT2D eigenvalue weighted by Crippen LogP contribution is 2.34. The van der Waals surface area contributed by atoms with E-state index < -0.39 is 11.7 Å². The van der Waals surface area contributed by atoms with Crippen LogP contribution in [0.15, 0.2) is 18.2 Å². The first kappa shape index (κ1) is 15.6. The summed E-state index contributed by atoms with van der Waals surface area (Å²) in [5.41, 5.74) is 4.88. The van der Waals surface area contributed by atoms with E-state index in [0.29, 0.717) is 12.2 Å². The van der Waals surface area contributed by atoms with E-state index in [1.165, 1.54) is 12.1 Å². The number of alkyl halides is 3. The fourth-order valence-electron chi connectivity index (χ4n) is 2.86. The molecule has 1 aliphatic carbocycles. The molecule has 0 amide bonds. The van der Waals surface area contributed by atoms with Crippen LogP contribution in [-0.4, -0.2) is 12.6 Å². The van der Waals surface area contributed by atoms with Gasteiger partial charge in [-0.15, -0.1) is 0 Å². The Morgan fingerprint density at radius 3 is 2.62 bits per heavy atom. The van der Waals surface area contributed by atoms with Crippen LogP contribution in [0.3, 0.4) is 0 Å². The van der Waals surface area contributed by atoms with E-state index in [1.807, 2.05) is 0 Å². The fourth-order valence-corrected chi connectivity index (χ4v) is 2.86. The number of halogens is 3. The van der Waals surface area contributed by atoms with Crippen LogP contribution in [0.4, 0.5) is 18.9 Å². The molecular weight excluding hydrogens is 279 g/mol. The first-order chi connectivity index (χ1) is 9.95. The molecule has 0 aromatic heterocycles. The van der Waals surface area contributed by atoms with Crippen LogP contribution in [0.1, 0.15) is 36.8 Å². The number of rotatable bonds is 3. The van der Waals surface area contributed by atoms with Crippen molar-refractivity contribution >= 4 is 5.69 Å². The standard InChI is InChI=1S/C15H18F3N3/c16-15(17,18)13-7-12(6-5-10(13)8-19)21-14-4-2-1-3-11(14)9-20/h5-7,11,14,21H,1-4,9,20H2. The Morgan fingerprint density at radius 1 is 1.29 bits per heavy atom. The van der Waals surface area contributed by atoms with Gasteiger partial charge >= 0.3 is 6.18 Å². The van der Waals surface area contributed by atoms with Gasteiger partial charge in [-0.1, -0.05) is 12.8 Å². The van der Waals surface area contributed by atoms with Crippen LogP contribution in [0.2, 0.25) is 0 Å². The zero-order chi connectivity index (χ0) is 15.5. The number of nitrogens with zero attached hydrogens (tertiary/aromatic N) is 1. The van der Waals surface area contributed by atoms with E-state index in [-0.39, 0.29) is 17.5 Å². The van der Waals surface area contributed by atoms with Gasteiger partial charge in [-0.05, 0) is 43.5 Å². The first-order valence-corrected chi connectivity index (χ1v) is 7.03. The lowest BCUT2D eigenvalue weighted by atomic mass is 9.84. The van der Waals surface area contributed by atoms with E-state index in [4.69, 9.17) is 11.0 Å². The highest BCUT2D eigenvalue weighted by atomic mass is 19.4. The third-order valence-electron chi connectivity index (χ3n) is 4.01. The lowest BCUT2D eigenvalue weighted by Crippen LogP contribution is -2.36. The van der Waals surface area contributed by atoms with Crippen molar-refractivity contribution in [3.05, 3.63) is 29.3 Å². The predicted octanol–water partition coefficient (Wildman–Crippen LogP) is 3.51. The summed E-state index contributed by atoms with van der Waals surface area (Å²) in [4.78, 5) is 0. The Bertz CT molecular complexity index is 534. The molecule has 0 spiro atoms. The van der Waals surface area contributed by atoms with Gasteiger partial charge in [0.15, 0.2) is 0 Å². The van der Waals surface area contributed by atoms with Crippen molar-refractivity contribution in [2.45, 2.75) is 37.9 Å². The normalized spacial score (nSPS) is 22.6. The van der Waals surface area contributed by atoms with Gasteiger partial charge in [-0.3, -0.25) is 0 Å². The van der Waals surface area contributed by atoms with Crippen LogP contribution in [0.25, 0.3) is 0 Å². The molecule has 0 aliphatic heterocycles. The average Bonchev–Trinajstić information content (AvgIpc) is 2.47. The van der Waals surface area contributed by atoms with Crippen molar-refractivity contribution in [1.82, 2.24) is 0 Å². The van der Waals surface area contributed by atoms with Crippen molar-refractivity contribution in [2.24, 2.45) is 11.7 Å². The molecule has 1 saturated carbocycles. The second-order valence-electron chi connectivity index (χ2n) is 5.40. The zero-order valence-electron chi connectivity index (χ0n) is 11.6. The monoisotopic (exact) mass is 297 g/mol. The van der Waals surface area contributed by atoms with Crippen molar-refractivity contribution in [3.8, 4) is 6.07 Å². The van der Waals surface area contributed by atoms with E-state index in [1.54, 1.807) is 6.07 Å². The molecule has 0 radical (unpaired) electrons. The molecule has 1 fully saturated rings. The van der Waals surface area contributed by atoms with Crippen molar-refractivity contribution < 1.29 is 13.2 Å². The van der Waals surface area contributed by atoms with Crippen molar-refractivity contribution in [3.63, 3.8) is 0 Å². The maximum absolute atomic E-state index is 12.9. The minimum Gasteiger partial charge on any atom is -0.382 e. The number of hydrogen-bond donors (Lipinski definition) is 2. The van der Waals surface area contributed by atoms with Gasteiger partial charge in [-0.25, -0.2) is 0 Å². The summed E-state index contributed by atoms with van der Waals surface area (Å²) in [6.07, 6.45) is -0.458. The van der Waals surface area contributed by atoms with Crippen LogP contribution >= 0.6 is 0 Å². The maximum atomic E-state index is 12.9. The van der Waals surface area contributed by atoms with Gasteiger partial charge in [-0.2, -0.15) is 18.4 Å². The van der Waals surface area contributed by atoms with Gasteiger partial charge in [0.2, 0.25) is 0 Å². The summed E-state index contributed by atoms with van der Waals surface area (Å²) in [6.45, 7) is 0.528. The molecule has 2 unspecified atom stereocenters. The quantitative estimate of drug-likeness (QED) is 0.897. The summed E-state index contributed by atoms with van der Waals surface area (Å²) in [5.74, 6) is 0.281. The van der Waals surface area contributed by atoms with Crippen molar-refractivity contribution in [1.29, 1.82) is 5.26 Å². The Balaban J connectivity index is 2.23. The second kappa shape index (κ2) is 6.35.